The Labute approximate surface area is 172 Å². The monoisotopic (exact) mass is 421 g/mol. The van der Waals surface area contributed by atoms with Crippen LogP contribution in [-0.2, 0) is 4.79 Å². The van der Waals surface area contributed by atoms with Crippen molar-refractivity contribution in [2.75, 3.05) is 13.1 Å². The quantitative estimate of drug-likeness (QED) is 0.595. The van der Waals surface area contributed by atoms with Crippen LogP contribution in [0.5, 0.6) is 0 Å². The molecular weight excluding hydrogens is 404 g/mol. The molecule has 2 aromatic carbocycles. The second-order valence-corrected chi connectivity index (χ2v) is 7.23. The van der Waals surface area contributed by atoms with Gasteiger partial charge >= 0.3 is 0 Å². The summed E-state index contributed by atoms with van der Waals surface area (Å²) in [6, 6.07) is 11.2. The lowest BCUT2D eigenvalue weighted by Crippen LogP contribution is -2.42. The van der Waals surface area contributed by atoms with E-state index in [9.17, 15) is 14.0 Å². The van der Waals surface area contributed by atoms with E-state index in [2.05, 4.69) is 10.5 Å². The summed E-state index contributed by atoms with van der Waals surface area (Å²) in [7, 11) is 0. The molecule has 0 aliphatic carbocycles. The predicted molar refractivity (Wildman–Crippen MR) is 107 cm³/mol. The highest BCUT2D eigenvalue weighted by Crippen LogP contribution is 2.22. The number of amides is 2. The van der Waals surface area contributed by atoms with Crippen LogP contribution >= 0.6 is 23.2 Å². The first kappa shape index (κ1) is 20.3. The second kappa shape index (κ2) is 9.17. The van der Waals surface area contributed by atoms with E-state index in [0.717, 1.165) is 0 Å². The van der Waals surface area contributed by atoms with E-state index in [4.69, 9.17) is 23.2 Å². The van der Waals surface area contributed by atoms with Crippen molar-refractivity contribution in [3.63, 3.8) is 0 Å². The van der Waals surface area contributed by atoms with Gasteiger partial charge < -0.3 is 4.90 Å². The number of halogens is 3. The summed E-state index contributed by atoms with van der Waals surface area (Å²) >= 11 is 12.0. The average Bonchev–Trinajstić information content (AvgIpc) is 2.70. The lowest BCUT2D eigenvalue weighted by Gasteiger charge is -2.31. The summed E-state index contributed by atoms with van der Waals surface area (Å²) in [6.07, 6.45) is 2.21. The van der Waals surface area contributed by atoms with Gasteiger partial charge in [0, 0.05) is 24.6 Å². The first-order chi connectivity index (χ1) is 13.5. The summed E-state index contributed by atoms with van der Waals surface area (Å²) in [5, 5.41) is 4.43. The molecule has 0 unspecified atom stereocenters. The molecule has 0 saturated carbocycles. The summed E-state index contributed by atoms with van der Waals surface area (Å²) in [5.74, 6) is -1.20. The fraction of sp³-hybridized carbons (Fsp3) is 0.250. The molecule has 0 radical (unpaired) electrons. The van der Waals surface area contributed by atoms with Crippen LogP contribution in [0.15, 0.2) is 47.6 Å². The molecule has 3 rings (SSSR count). The Kier molecular flexibility index (Phi) is 6.65. The van der Waals surface area contributed by atoms with Crippen molar-refractivity contribution < 1.29 is 14.0 Å². The number of piperidine rings is 1. The standard InChI is InChI=1S/C20H18Cl2FN3O2/c21-16-5-2-1-4-14(16)20(28)26-10-8-13(9-11-26)19(27)25-24-12-15-17(22)6-3-7-18(15)23/h1-7,12-13H,8-11H2,(H,25,27)/b24-12-. The fourth-order valence-electron chi connectivity index (χ4n) is 3.04. The molecule has 5 nitrogen and oxygen atoms in total. The smallest absolute Gasteiger partial charge is 0.255 e. The van der Waals surface area contributed by atoms with Crippen LogP contribution in [0.4, 0.5) is 4.39 Å². The first-order valence-corrected chi connectivity index (χ1v) is 9.53. The molecule has 1 heterocycles. The number of hydrazone groups is 1. The minimum Gasteiger partial charge on any atom is -0.339 e. The van der Waals surface area contributed by atoms with Crippen molar-refractivity contribution in [2.45, 2.75) is 12.8 Å². The number of rotatable bonds is 4. The number of nitrogens with zero attached hydrogens (tertiary/aromatic N) is 2. The largest absolute Gasteiger partial charge is 0.339 e. The van der Waals surface area contributed by atoms with Crippen molar-refractivity contribution in [1.82, 2.24) is 10.3 Å². The molecule has 2 aromatic rings. The number of carbonyl (C=O) groups excluding carboxylic acids is 2. The number of nitrogens with one attached hydrogen (secondary N) is 1. The molecular formula is C20H18Cl2FN3O2. The van der Waals surface area contributed by atoms with Gasteiger partial charge in [-0.25, -0.2) is 9.82 Å². The molecule has 1 aliphatic heterocycles. The molecule has 0 spiro atoms. The molecule has 28 heavy (non-hydrogen) atoms. The van der Waals surface area contributed by atoms with E-state index < -0.39 is 5.82 Å². The number of likely N-dealkylation sites (tertiary alicyclic amines) is 1. The van der Waals surface area contributed by atoms with E-state index >= 15 is 0 Å². The Morgan fingerprint density at radius 2 is 1.75 bits per heavy atom. The molecule has 146 valence electrons. The Morgan fingerprint density at radius 3 is 2.43 bits per heavy atom. The normalized spacial score (nSPS) is 15.0. The Hall–Kier alpha value is -2.44. The van der Waals surface area contributed by atoms with Crippen LogP contribution < -0.4 is 5.43 Å². The minimum absolute atomic E-state index is 0.115. The summed E-state index contributed by atoms with van der Waals surface area (Å²) in [6.45, 7) is 0.899. The van der Waals surface area contributed by atoms with Crippen molar-refractivity contribution in [3.8, 4) is 0 Å². The van der Waals surface area contributed by atoms with Gasteiger partial charge in [-0.2, -0.15) is 5.10 Å². The van der Waals surface area contributed by atoms with Crippen LogP contribution in [0.25, 0.3) is 0 Å². The van der Waals surface area contributed by atoms with Gasteiger partial charge in [-0.05, 0) is 37.1 Å². The van der Waals surface area contributed by atoms with E-state index in [0.29, 0.717) is 36.5 Å². The van der Waals surface area contributed by atoms with Crippen molar-refractivity contribution >= 4 is 41.2 Å². The third-order valence-electron chi connectivity index (χ3n) is 4.63. The van der Waals surface area contributed by atoms with Crippen molar-refractivity contribution in [3.05, 3.63) is 69.5 Å². The van der Waals surface area contributed by atoms with Crippen LogP contribution in [0.1, 0.15) is 28.8 Å². The Bertz CT molecular complexity index is 892. The number of hydrogen-bond donors (Lipinski definition) is 1. The molecule has 0 aromatic heterocycles. The number of carbonyl (C=O) groups is 2. The van der Waals surface area contributed by atoms with Crippen LogP contribution in [0, 0.1) is 11.7 Å². The molecule has 1 fully saturated rings. The van der Waals surface area contributed by atoms with Crippen LogP contribution in [-0.4, -0.2) is 36.0 Å². The Morgan fingerprint density at radius 1 is 1.07 bits per heavy atom. The molecule has 1 aliphatic rings. The zero-order valence-corrected chi connectivity index (χ0v) is 16.4. The van der Waals surface area contributed by atoms with E-state index in [1.165, 1.54) is 18.3 Å². The maximum atomic E-state index is 13.7. The molecule has 1 N–H and O–H groups in total. The number of benzene rings is 2. The SMILES string of the molecule is O=C(N/N=C\c1c(F)cccc1Cl)C1CCN(C(=O)c2ccccc2Cl)CC1. The first-order valence-electron chi connectivity index (χ1n) is 8.78. The topological polar surface area (TPSA) is 61.8 Å². The third kappa shape index (κ3) is 4.69. The highest BCUT2D eigenvalue weighted by molar-refractivity contribution is 6.34. The van der Waals surface area contributed by atoms with Crippen LogP contribution in [0.2, 0.25) is 10.0 Å². The zero-order chi connectivity index (χ0) is 20.1. The highest BCUT2D eigenvalue weighted by atomic mass is 35.5. The predicted octanol–water partition coefficient (Wildman–Crippen LogP) is 4.14. The van der Waals surface area contributed by atoms with Gasteiger partial charge in [0.2, 0.25) is 5.91 Å². The zero-order valence-electron chi connectivity index (χ0n) is 14.9. The fourth-order valence-corrected chi connectivity index (χ4v) is 3.46. The van der Waals surface area contributed by atoms with Gasteiger partial charge in [0.15, 0.2) is 0 Å². The van der Waals surface area contributed by atoms with Gasteiger partial charge in [-0.1, -0.05) is 41.4 Å². The maximum Gasteiger partial charge on any atom is 0.255 e. The van der Waals surface area contributed by atoms with Crippen LogP contribution in [0.3, 0.4) is 0 Å². The molecule has 0 bridgehead atoms. The highest BCUT2D eigenvalue weighted by Gasteiger charge is 2.28. The third-order valence-corrected chi connectivity index (χ3v) is 5.28. The van der Waals surface area contributed by atoms with Gasteiger partial charge in [-0.15, -0.1) is 0 Å². The van der Waals surface area contributed by atoms with Gasteiger partial charge in [0.1, 0.15) is 5.82 Å². The molecule has 8 heteroatoms. The summed E-state index contributed by atoms with van der Waals surface area (Å²) < 4.78 is 13.7. The molecule has 0 atom stereocenters. The maximum absolute atomic E-state index is 13.7. The lowest BCUT2D eigenvalue weighted by molar-refractivity contribution is -0.126. The van der Waals surface area contributed by atoms with Gasteiger partial charge in [0.25, 0.3) is 5.91 Å². The summed E-state index contributed by atoms with van der Waals surface area (Å²) in [5.41, 5.74) is 2.99. The van der Waals surface area contributed by atoms with Gasteiger partial charge in [-0.3, -0.25) is 9.59 Å². The average molecular weight is 422 g/mol. The number of hydrogen-bond acceptors (Lipinski definition) is 3. The van der Waals surface area contributed by atoms with Crippen molar-refractivity contribution in [2.24, 2.45) is 11.0 Å². The van der Waals surface area contributed by atoms with Gasteiger partial charge in [0.05, 0.1) is 21.8 Å². The van der Waals surface area contributed by atoms with E-state index in [1.54, 1.807) is 35.2 Å². The van der Waals surface area contributed by atoms with Crippen molar-refractivity contribution in [1.29, 1.82) is 0 Å². The van der Waals surface area contributed by atoms with E-state index in [1.807, 2.05) is 0 Å². The molecule has 1 saturated heterocycles. The molecule has 2 amide bonds. The minimum atomic E-state index is -0.517. The second-order valence-electron chi connectivity index (χ2n) is 6.42. The van der Waals surface area contributed by atoms with E-state index in [-0.39, 0.29) is 28.3 Å². The summed E-state index contributed by atoms with van der Waals surface area (Å²) in [4.78, 5) is 26.5. The Balaban J connectivity index is 1.53. The lowest BCUT2D eigenvalue weighted by atomic mass is 9.95.